The highest BCUT2D eigenvalue weighted by atomic mass is 19.4. The molecular weight excluding hydrogens is 287 g/mol. The van der Waals surface area contributed by atoms with Crippen LogP contribution in [0.25, 0.3) is 0 Å². The van der Waals surface area contributed by atoms with Gasteiger partial charge >= 0.3 is 12.3 Å². The van der Waals surface area contributed by atoms with E-state index in [1.165, 1.54) is 25.3 Å². The SMILES string of the molecule is COC(=O)C1CN(C)CC1c1cccc(OC(F)(F)F)c1. The number of carbonyl (C=O) groups is 1. The molecule has 1 aliphatic heterocycles. The summed E-state index contributed by atoms with van der Waals surface area (Å²) in [6.07, 6.45) is -4.73. The van der Waals surface area contributed by atoms with E-state index in [1.807, 2.05) is 11.9 Å². The Morgan fingerprint density at radius 1 is 1.33 bits per heavy atom. The molecule has 1 saturated heterocycles. The molecule has 1 fully saturated rings. The number of benzene rings is 1. The van der Waals surface area contributed by atoms with Crippen molar-refractivity contribution in [2.45, 2.75) is 12.3 Å². The summed E-state index contributed by atoms with van der Waals surface area (Å²) in [5.41, 5.74) is 0.636. The van der Waals surface area contributed by atoms with Crippen LogP contribution in [-0.2, 0) is 9.53 Å². The lowest BCUT2D eigenvalue weighted by atomic mass is 9.89. The van der Waals surface area contributed by atoms with Crippen LogP contribution < -0.4 is 4.74 Å². The predicted octanol–water partition coefficient (Wildman–Crippen LogP) is 2.40. The number of rotatable bonds is 3. The summed E-state index contributed by atoms with van der Waals surface area (Å²) in [5.74, 6) is -1.23. The van der Waals surface area contributed by atoms with E-state index in [1.54, 1.807) is 6.07 Å². The molecule has 0 spiro atoms. The first-order chi connectivity index (χ1) is 9.80. The normalized spacial score (nSPS) is 23.1. The zero-order valence-corrected chi connectivity index (χ0v) is 11.7. The zero-order valence-electron chi connectivity index (χ0n) is 11.7. The molecule has 0 bridgehead atoms. The smallest absolute Gasteiger partial charge is 0.469 e. The van der Waals surface area contributed by atoms with Crippen LogP contribution in [0.4, 0.5) is 13.2 Å². The van der Waals surface area contributed by atoms with E-state index in [2.05, 4.69) is 4.74 Å². The Morgan fingerprint density at radius 3 is 2.67 bits per heavy atom. The van der Waals surface area contributed by atoms with Crippen LogP contribution >= 0.6 is 0 Å². The van der Waals surface area contributed by atoms with Gasteiger partial charge < -0.3 is 14.4 Å². The molecule has 0 aliphatic carbocycles. The van der Waals surface area contributed by atoms with Crippen LogP contribution in [0, 0.1) is 5.92 Å². The van der Waals surface area contributed by atoms with E-state index in [9.17, 15) is 18.0 Å². The van der Waals surface area contributed by atoms with Gasteiger partial charge in [-0.15, -0.1) is 13.2 Å². The fourth-order valence-corrected chi connectivity index (χ4v) is 2.67. The van der Waals surface area contributed by atoms with E-state index in [0.29, 0.717) is 18.7 Å². The highest BCUT2D eigenvalue weighted by Gasteiger charge is 2.38. The summed E-state index contributed by atoms with van der Waals surface area (Å²) < 4.78 is 45.5. The molecule has 0 amide bonds. The van der Waals surface area contributed by atoms with E-state index in [-0.39, 0.29) is 23.6 Å². The maximum absolute atomic E-state index is 12.3. The number of hydrogen-bond acceptors (Lipinski definition) is 4. The van der Waals surface area contributed by atoms with Crippen LogP contribution in [0.15, 0.2) is 24.3 Å². The Kier molecular flexibility index (Phi) is 4.41. The summed E-state index contributed by atoms with van der Waals surface area (Å²) in [4.78, 5) is 13.7. The fourth-order valence-electron chi connectivity index (χ4n) is 2.67. The molecule has 0 radical (unpaired) electrons. The molecule has 0 aromatic heterocycles. The number of methoxy groups -OCH3 is 1. The number of ether oxygens (including phenoxy) is 2. The van der Waals surface area contributed by atoms with Crippen molar-refractivity contribution in [1.82, 2.24) is 4.90 Å². The molecule has 4 nitrogen and oxygen atoms in total. The van der Waals surface area contributed by atoms with Crippen molar-refractivity contribution in [3.05, 3.63) is 29.8 Å². The molecule has 7 heteroatoms. The summed E-state index contributed by atoms with van der Waals surface area (Å²) in [5, 5.41) is 0. The number of esters is 1. The molecule has 1 aromatic rings. The molecule has 1 heterocycles. The van der Waals surface area contributed by atoms with Gasteiger partial charge in [0.25, 0.3) is 0 Å². The standard InChI is InChI=1S/C14H16F3NO3/c1-18-7-11(12(8-18)13(19)20-2)9-4-3-5-10(6-9)21-14(15,16)17/h3-6,11-12H,7-8H2,1-2H3. The van der Waals surface area contributed by atoms with E-state index in [0.717, 1.165) is 0 Å². The van der Waals surface area contributed by atoms with E-state index < -0.39 is 6.36 Å². The monoisotopic (exact) mass is 303 g/mol. The Morgan fingerprint density at radius 2 is 2.05 bits per heavy atom. The van der Waals surface area contributed by atoms with Crippen molar-refractivity contribution >= 4 is 5.97 Å². The van der Waals surface area contributed by atoms with Gasteiger partial charge in [0.2, 0.25) is 0 Å². The zero-order chi connectivity index (χ0) is 15.6. The number of likely N-dealkylation sites (tertiary alicyclic amines) is 1. The third-order valence-corrected chi connectivity index (χ3v) is 3.53. The third-order valence-electron chi connectivity index (χ3n) is 3.53. The third kappa shape index (κ3) is 3.87. The van der Waals surface area contributed by atoms with Gasteiger partial charge in [0.05, 0.1) is 13.0 Å². The van der Waals surface area contributed by atoms with Gasteiger partial charge in [-0.3, -0.25) is 4.79 Å². The van der Waals surface area contributed by atoms with Crippen molar-refractivity contribution in [2.75, 3.05) is 27.2 Å². The van der Waals surface area contributed by atoms with Crippen molar-refractivity contribution in [3.8, 4) is 5.75 Å². The van der Waals surface area contributed by atoms with E-state index in [4.69, 9.17) is 4.74 Å². The molecule has 0 saturated carbocycles. The van der Waals surface area contributed by atoms with Crippen LogP contribution in [0.2, 0.25) is 0 Å². The Balaban J connectivity index is 2.24. The van der Waals surface area contributed by atoms with Gasteiger partial charge in [-0.25, -0.2) is 0 Å². The Labute approximate surface area is 120 Å². The fraction of sp³-hybridized carbons (Fsp3) is 0.500. The maximum atomic E-state index is 12.3. The summed E-state index contributed by atoms with van der Waals surface area (Å²) in [6.45, 7) is 1.09. The molecule has 2 atom stereocenters. The quantitative estimate of drug-likeness (QED) is 0.804. The average molecular weight is 303 g/mol. The number of hydrogen-bond donors (Lipinski definition) is 0. The van der Waals surface area contributed by atoms with Crippen LogP contribution in [0.3, 0.4) is 0 Å². The lowest BCUT2D eigenvalue weighted by Crippen LogP contribution is -2.23. The van der Waals surface area contributed by atoms with E-state index >= 15 is 0 Å². The average Bonchev–Trinajstić information content (AvgIpc) is 2.78. The first-order valence-corrected chi connectivity index (χ1v) is 6.42. The summed E-state index contributed by atoms with van der Waals surface area (Å²) >= 11 is 0. The van der Waals surface area contributed by atoms with Gasteiger partial charge in [-0.2, -0.15) is 0 Å². The van der Waals surface area contributed by atoms with Crippen LogP contribution in [-0.4, -0.2) is 44.5 Å². The number of alkyl halides is 3. The molecule has 1 aromatic carbocycles. The van der Waals surface area contributed by atoms with Gasteiger partial charge in [0.1, 0.15) is 5.75 Å². The van der Waals surface area contributed by atoms with Crippen molar-refractivity contribution in [1.29, 1.82) is 0 Å². The molecular formula is C14H16F3NO3. The molecule has 0 N–H and O–H groups in total. The lowest BCUT2D eigenvalue weighted by Gasteiger charge is -2.18. The number of carbonyl (C=O) groups excluding carboxylic acids is 1. The van der Waals surface area contributed by atoms with Gasteiger partial charge in [-0.05, 0) is 24.7 Å². The lowest BCUT2D eigenvalue weighted by molar-refractivity contribution is -0.274. The molecule has 2 rings (SSSR count). The summed E-state index contributed by atoms with van der Waals surface area (Å²) in [7, 11) is 3.16. The minimum absolute atomic E-state index is 0.209. The van der Waals surface area contributed by atoms with Crippen molar-refractivity contribution < 1.29 is 27.4 Å². The first kappa shape index (κ1) is 15.6. The second-order valence-electron chi connectivity index (χ2n) is 5.08. The predicted molar refractivity (Wildman–Crippen MR) is 68.9 cm³/mol. The highest BCUT2D eigenvalue weighted by molar-refractivity contribution is 5.74. The number of likely N-dealkylation sites (N-methyl/N-ethyl adjacent to an activating group) is 1. The van der Waals surface area contributed by atoms with Gasteiger partial charge in [-0.1, -0.05) is 12.1 Å². The highest BCUT2D eigenvalue weighted by Crippen LogP contribution is 2.35. The van der Waals surface area contributed by atoms with Gasteiger partial charge in [0.15, 0.2) is 0 Å². The molecule has 116 valence electrons. The number of halogens is 3. The first-order valence-electron chi connectivity index (χ1n) is 6.42. The van der Waals surface area contributed by atoms with Crippen molar-refractivity contribution in [3.63, 3.8) is 0 Å². The Bertz CT molecular complexity index is 518. The van der Waals surface area contributed by atoms with Crippen LogP contribution in [0.5, 0.6) is 5.75 Å². The largest absolute Gasteiger partial charge is 0.573 e. The topological polar surface area (TPSA) is 38.8 Å². The maximum Gasteiger partial charge on any atom is 0.573 e. The minimum Gasteiger partial charge on any atom is -0.469 e. The summed E-state index contributed by atoms with van der Waals surface area (Å²) in [6, 6.07) is 5.75. The minimum atomic E-state index is -4.73. The molecule has 2 unspecified atom stereocenters. The second-order valence-corrected chi connectivity index (χ2v) is 5.08. The Hall–Kier alpha value is -1.76. The molecule has 1 aliphatic rings. The van der Waals surface area contributed by atoms with Crippen molar-refractivity contribution in [2.24, 2.45) is 5.92 Å². The van der Waals surface area contributed by atoms with Gasteiger partial charge in [0, 0.05) is 19.0 Å². The van der Waals surface area contributed by atoms with Crippen LogP contribution in [0.1, 0.15) is 11.5 Å². The number of nitrogens with zero attached hydrogens (tertiary/aromatic N) is 1. The second kappa shape index (κ2) is 5.93. The molecule has 21 heavy (non-hydrogen) atoms.